The van der Waals surface area contributed by atoms with Crippen molar-refractivity contribution in [1.29, 1.82) is 0 Å². The van der Waals surface area contributed by atoms with Crippen LogP contribution in [-0.2, 0) is 11.2 Å². The van der Waals surface area contributed by atoms with Gasteiger partial charge in [0, 0.05) is 47.5 Å². The van der Waals surface area contributed by atoms with Crippen molar-refractivity contribution in [3.8, 4) is 11.1 Å². The van der Waals surface area contributed by atoms with Crippen molar-refractivity contribution in [3.63, 3.8) is 0 Å². The van der Waals surface area contributed by atoms with E-state index in [1.807, 2.05) is 72.8 Å². The number of benzene rings is 4. The molecule has 0 bridgehead atoms. The maximum absolute atomic E-state index is 13.0. The molecule has 1 heterocycles. The first-order chi connectivity index (χ1) is 18.5. The predicted octanol–water partition coefficient (Wildman–Crippen LogP) is 4.97. The summed E-state index contributed by atoms with van der Waals surface area (Å²) in [4.78, 5) is 39.4. The minimum Gasteiger partial charge on any atom is -0.385 e. The third kappa shape index (κ3) is 5.21. The fourth-order valence-electron chi connectivity index (χ4n) is 4.78. The number of amides is 2. The lowest BCUT2D eigenvalue weighted by Gasteiger charge is -2.27. The average molecular weight is 524 g/mol. The van der Waals surface area contributed by atoms with Crippen molar-refractivity contribution in [1.82, 2.24) is 4.90 Å². The van der Waals surface area contributed by atoms with E-state index in [2.05, 4.69) is 17.9 Å². The van der Waals surface area contributed by atoms with Crippen molar-refractivity contribution in [2.75, 3.05) is 24.2 Å². The molecule has 7 heteroatoms. The molecule has 5 rings (SSSR count). The van der Waals surface area contributed by atoms with Crippen LogP contribution in [0, 0.1) is 0 Å². The number of hydrogen-bond donors (Lipinski definition) is 3. The Hall–Kier alpha value is -3.94. The van der Waals surface area contributed by atoms with E-state index in [-0.39, 0.29) is 17.6 Å². The van der Waals surface area contributed by atoms with Crippen LogP contribution < -0.4 is 11.1 Å². The zero-order valence-electron chi connectivity index (χ0n) is 20.9. The number of nitrogens with two attached hydrogens (primary N) is 1. The zero-order valence-corrected chi connectivity index (χ0v) is 21.8. The second kappa shape index (κ2) is 11.2. The Morgan fingerprint density at radius 2 is 1.42 bits per heavy atom. The average Bonchev–Trinajstić information content (AvgIpc) is 2.95. The summed E-state index contributed by atoms with van der Waals surface area (Å²) in [7, 11) is 0. The predicted molar refractivity (Wildman–Crippen MR) is 155 cm³/mol. The molecule has 1 aliphatic rings. The first-order valence-electron chi connectivity index (χ1n) is 12.7. The minimum atomic E-state index is -0.537. The fraction of sp³-hybridized carbons (Fsp3) is 0.194. The molecule has 0 spiro atoms. The highest BCUT2D eigenvalue weighted by Gasteiger charge is 2.32. The standard InChI is InChI=1S/C31H29N3O3S/c32-27(19-38)28(35)18-20-8-10-21(11-9-20)22-12-14-24(15-13-22)33-16-3-17-34-30(36)25-6-1-4-23-5-2-7-26(29(23)25)31(34)37/h1-2,4-15,27,33,38H,3,16-19,32H2. The highest BCUT2D eigenvalue weighted by molar-refractivity contribution is 7.80. The summed E-state index contributed by atoms with van der Waals surface area (Å²) in [5, 5.41) is 5.03. The largest absolute Gasteiger partial charge is 0.385 e. The van der Waals surface area contributed by atoms with Gasteiger partial charge in [0.2, 0.25) is 0 Å². The van der Waals surface area contributed by atoms with Gasteiger partial charge < -0.3 is 11.1 Å². The van der Waals surface area contributed by atoms with Crippen LogP contribution in [0.5, 0.6) is 0 Å². The molecule has 38 heavy (non-hydrogen) atoms. The van der Waals surface area contributed by atoms with Gasteiger partial charge in [0.05, 0.1) is 6.04 Å². The second-order valence-corrected chi connectivity index (χ2v) is 9.82. The number of ketones is 1. The van der Waals surface area contributed by atoms with Gasteiger partial charge in [0.15, 0.2) is 5.78 Å². The Balaban J connectivity index is 1.15. The molecule has 0 saturated carbocycles. The number of imide groups is 1. The minimum absolute atomic E-state index is 0.0145. The molecule has 1 unspecified atom stereocenters. The second-order valence-electron chi connectivity index (χ2n) is 9.46. The lowest BCUT2D eigenvalue weighted by molar-refractivity contribution is -0.119. The van der Waals surface area contributed by atoms with Crippen LogP contribution in [0.4, 0.5) is 5.69 Å². The molecular weight excluding hydrogens is 494 g/mol. The molecule has 4 aromatic carbocycles. The molecule has 1 atom stereocenters. The summed E-state index contributed by atoms with van der Waals surface area (Å²) < 4.78 is 0. The van der Waals surface area contributed by atoms with Gasteiger partial charge in [-0.25, -0.2) is 0 Å². The summed E-state index contributed by atoms with van der Waals surface area (Å²) in [6.07, 6.45) is 0.941. The van der Waals surface area contributed by atoms with E-state index in [9.17, 15) is 14.4 Å². The van der Waals surface area contributed by atoms with Crippen molar-refractivity contribution in [3.05, 3.63) is 102 Å². The molecule has 0 aromatic heterocycles. The number of carbonyl (C=O) groups is 3. The number of thiol groups is 1. The van der Waals surface area contributed by atoms with Gasteiger partial charge in [-0.2, -0.15) is 12.6 Å². The van der Waals surface area contributed by atoms with Crippen molar-refractivity contribution < 1.29 is 14.4 Å². The van der Waals surface area contributed by atoms with E-state index in [0.29, 0.717) is 42.8 Å². The maximum Gasteiger partial charge on any atom is 0.261 e. The van der Waals surface area contributed by atoms with E-state index in [1.54, 1.807) is 12.1 Å². The van der Waals surface area contributed by atoms with E-state index in [1.165, 1.54) is 4.90 Å². The molecule has 4 aromatic rings. The molecule has 0 fully saturated rings. The summed E-state index contributed by atoms with van der Waals surface area (Å²) in [6.45, 7) is 0.973. The molecule has 192 valence electrons. The SMILES string of the molecule is NC(CS)C(=O)Cc1ccc(-c2ccc(NCCCN3C(=O)c4cccc5cccc(c45)C3=O)cc2)cc1. The number of nitrogens with one attached hydrogen (secondary N) is 1. The van der Waals surface area contributed by atoms with Gasteiger partial charge in [0.1, 0.15) is 0 Å². The van der Waals surface area contributed by atoms with Gasteiger partial charge >= 0.3 is 0 Å². The van der Waals surface area contributed by atoms with Crippen molar-refractivity contribution >= 4 is 46.7 Å². The summed E-state index contributed by atoms with van der Waals surface area (Å²) in [5.41, 5.74) is 10.9. The van der Waals surface area contributed by atoms with Gasteiger partial charge in [-0.05, 0) is 52.8 Å². The number of carbonyl (C=O) groups excluding carboxylic acids is 3. The molecule has 0 aliphatic carbocycles. The fourth-order valence-corrected chi connectivity index (χ4v) is 4.99. The molecule has 2 amide bonds. The summed E-state index contributed by atoms with van der Waals surface area (Å²) in [5.74, 6) is -0.136. The zero-order chi connectivity index (χ0) is 26.6. The van der Waals surface area contributed by atoms with Crippen LogP contribution in [0.2, 0.25) is 0 Å². The van der Waals surface area contributed by atoms with E-state index in [0.717, 1.165) is 33.2 Å². The Labute approximate surface area is 227 Å². The van der Waals surface area contributed by atoms with Gasteiger partial charge in [0.25, 0.3) is 11.8 Å². The highest BCUT2D eigenvalue weighted by Crippen LogP contribution is 2.30. The first-order valence-corrected chi connectivity index (χ1v) is 13.3. The highest BCUT2D eigenvalue weighted by atomic mass is 32.1. The van der Waals surface area contributed by atoms with E-state index >= 15 is 0 Å². The number of Topliss-reactive ketones (excluding diaryl/α,β-unsaturated/α-hetero) is 1. The topological polar surface area (TPSA) is 92.5 Å². The maximum atomic E-state index is 13.0. The first kappa shape index (κ1) is 25.7. The lowest BCUT2D eigenvalue weighted by atomic mass is 9.94. The Kier molecular flexibility index (Phi) is 7.58. The number of nitrogens with zero attached hydrogens (tertiary/aromatic N) is 1. The van der Waals surface area contributed by atoms with Crippen LogP contribution >= 0.6 is 12.6 Å². The monoisotopic (exact) mass is 523 g/mol. The summed E-state index contributed by atoms with van der Waals surface area (Å²) in [6, 6.07) is 26.6. The molecule has 3 N–H and O–H groups in total. The molecule has 0 radical (unpaired) electrons. The van der Waals surface area contributed by atoms with Crippen molar-refractivity contribution in [2.24, 2.45) is 5.73 Å². The van der Waals surface area contributed by atoms with Crippen LogP contribution in [0.25, 0.3) is 21.9 Å². The summed E-state index contributed by atoms with van der Waals surface area (Å²) >= 11 is 4.09. The lowest BCUT2D eigenvalue weighted by Crippen LogP contribution is -2.41. The normalized spacial score (nSPS) is 13.6. The van der Waals surface area contributed by atoms with Crippen LogP contribution in [0.3, 0.4) is 0 Å². The third-order valence-electron chi connectivity index (χ3n) is 6.90. The van der Waals surface area contributed by atoms with Gasteiger partial charge in [-0.15, -0.1) is 0 Å². The van der Waals surface area contributed by atoms with Gasteiger partial charge in [-0.1, -0.05) is 60.7 Å². The molecule has 1 aliphatic heterocycles. The quantitative estimate of drug-likeness (QED) is 0.155. The molecular formula is C31H29N3O3S. The Morgan fingerprint density at radius 1 is 0.842 bits per heavy atom. The van der Waals surface area contributed by atoms with E-state index in [4.69, 9.17) is 5.73 Å². The number of hydrogen-bond acceptors (Lipinski definition) is 6. The number of rotatable bonds is 10. The molecule has 6 nitrogen and oxygen atoms in total. The third-order valence-corrected chi connectivity index (χ3v) is 7.30. The van der Waals surface area contributed by atoms with Crippen molar-refractivity contribution in [2.45, 2.75) is 18.9 Å². The van der Waals surface area contributed by atoms with Crippen LogP contribution in [-0.4, -0.2) is 47.4 Å². The van der Waals surface area contributed by atoms with Crippen LogP contribution in [0.15, 0.2) is 84.9 Å². The van der Waals surface area contributed by atoms with Crippen LogP contribution in [0.1, 0.15) is 32.7 Å². The van der Waals surface area contributed by atoms with E-state index < -0.39 is 6.04 Å². The molecule has 0 saturated heterocycles. The Bertz CT molecular complexity index is 1450. The smallest absolute Gasteiger partial charge is 0.261 e. The Morgan fingerprint density at radius 3 is 2.00 bits per heavy atom. The van der Waals surface area contributed by atoms with Gasteiger partial charge in [-0.3, -0.25) is 19.3 Å². The number of anilines is 1.